The molecule has 4 rings (SSSR count). The van der Waals surface area contributed by atoms with Gasteiger partial charge in [0.15, 0.2) is 11.7 Å². The zero-order chi connectivity index (χ0) is 19.3. The van der Waals surface area contributed by atoms with Gasteiger partial charge in [-0.05, 0) is 42.3 Å². The van der Waals surface area contributed by atoms with E-state index in [1.807, 2.05) is 67.6 Å². The van der Waals surface area contributed by atoms with Gasteiger partial charge in [0.2, 0.25) is 0 Å². The summed E-state index contributed by atoms with van der Waals surface area (Å²) in [5.74, 6) is 0.563. The molecule has 5 nitrogen and oxygen atoms in total. The molecule has 0 N–H and O–H groups in total. The Morgan fingerprint density at radius 3 is 2.68 bits per heavy atom. The van der Waals surface area contributed by atoms with Crippen molar-refractivity contribution in [3.63, 3.8) is 0 Å². The fraction of sp³-hybridized carbons (Fsp3) is 0.136. The molecular formula is C22H19N3O2S. The number of amides is 1. The van der Waals surface area contributed by atoms with E-state index in [9.17, 15) is 4.79 Å². The van der Waals surface area contributed by atoms with E-state index in [0.717, 1.165) is 21.3 Å². The third-order valence-corrected chi connectivity index (χ3v) is 5.38. The highest BCUT2D eigenvalue weighted by atomic mass is 32.1. The summed E-state index contributed by atoms with van der Waals surface area (Å²) in [6.07, 6.45) is 3.48. The van der Waals surface area contributed by atoms with Crippen molar-refractivity contribution in [1.29, 1.82) is 0 Å². The van der Waals surface area contributed by atoms with Crippen LogP contribution >= 0.6 is 11.3 Å². The number of anilines is 1. The van der Waals surface area contributed by atoms with Crippen LogP contribution in [0.25, 0.3) is 10.2 Å². The van der Waals surface area contributed by atoms with Gasteiger partial charge in [-0.3, -0.25) is 14.7 Å². The third kappa shape index (κ3) is 4.02. The number of para-hydroxylation sites is 2. The summed E-state index contributed by atoms with van der Waals surface area (Å²) < 4.78 is 6.83. The number of aryl methyl sites for hydroxylation is 1. The fourth-order valence-corrected chi connectivity index (χ4v) is 3.83. The molecule has 2 aromatic carbocycles. The Morgan fingerprint density at radius 2 is 1.89 bits per heavy atom. The number of hydrogen-bond donors (Lipinski definition) is 0. The van der Waals surface area contributed by atoms with E-state index in [1.54, 1.807) is 17.3 Å². The largest absolute Gasteiger partial charge is 0.483 e. The molecule has 0 fully saturated rings. The van der Waals surface area contributed by atoms with E-state index in [4.69, 9.17) is 4.74 Å². The Balaban J connectivity index is 1.60. The molecule has 0 aliphatic heterocycles. The molecule has 0 aliphatic carbocycles. The summed E-state index contributed by atoms with van der Waals surface area (Å²) in [6, 6.07) is 19.3. The number of hydrogen-bond acceptors (Lipinski definition) is 5. The van der Waals surface area contributed by atoms with Crippen LogP contribution in [0.3, 0.4) is 0 Å². The molecular weight excluding hydrogens is 370 g/mol. The number of ether oxygens (including phenoxy) is 1. The monoisotopic (exact) mass is 389 g/mol. The normalized spacial score (nSPS) is 10.8. The predicted molar refractivity (Wildman–Crippen MR) is 112 cm³/mol. The Labute approximate surface area is 167 Å². The second kappa shape index (κ2) is 8.19. The summed E-state index contributed by atoms with van der Waals surface area (Å²) in [5, 5.41) is 0.656. The fourth-order valence-electron chi connectivity index (χ4n) is 2.85. The molecule has 6 heteroatoms. The highest BCUT2D eigenvalue weighted by Crippen LogP contribution is 2.30. The Morgan fingerprint density at radius 1 is 1.07 bits per heavy atom. The highest BCUT2D eigenvalue weighted by Gasteiger charge is 2.21. The summed E-state index contributed by atoms with van der Waals surface area (Å²) in [5.41, 5.74) is 2.81. The molecule has 0 atom stereocenters. The number of carbonyl (C=O) groups excluding carboxylic acids is 1. The van der Waals surface area contributed by atoms with Gasteiger partial charge in [0, 0.05) is 12.4 Å². The molecule has 2 aromatic heterocycles. The molecule has 0 radical (unpaired) electrons. The standard InChI is InChI=1S/C22H19N3O2S/c1-16-7-2-4-10-19(16)27-15-21(26)25(14-17-8-6-12-23-13-17)22-24-18-9-3-5-11-20(18)28-22/h2-13H,14-15H2,1H3. The molecule has 0 aliphatic rings. The molecule has 0 spiro atoms. The predicted octanol–water partition coefficient (Wildman–Crippen LogP) is 4.61. The van der Waals surface area contributed by atoms with Gasteiger partial charge in [-0.15, -0.1) is 0 Å². The van der Waals surface area contributed by atoms with Gasteiger partial charge in [0.1, 0.15) is 5.75 Å². The molecule has 2 heterocycles. The van der Waals surface area contributed by atoms with Gasteiger partial charge in [-0.2, -0.15) is 0 Å². The van der Waals surface area contributed by atoms with Gasteiger partial charge in [0.05, 0.1) is 16.8 Å². The lowest BCUT2D eigenvalue weighted by Crippen LogP contribution is -2.34. The van der Waals surface area contributed by atoms with Crippen LogP contribution in [-0.4, -0.2) is 22.5 Å². The molecule has 0 saturated heterocycles. The number of aromatic nitrogens is 2. The lowest BCUT2D eigenvalue weighted by atomic mass is 10.2. The van der Waals surface area contributed by atoms with Gasteiger partial charge < -0.3 is 4.74 Å². The van der Waals surface area contributed by atoms with Crippen LogP contribution in [0.2, 0.25) is 0 Å². The van der Waals surface area contributed by atoms with Gasteiger partial charge in [-0.25, -0.2) is 4.98 Å². The summed E-state index contributed by atoms with van der Waals surface area (Å²) in [4.78, 5) is 23.5. The molecule has 0 saturated carbocycles. The maximum absolute atomic E-state index is 13.1. The minimum Gasteiger partial charge on any atom is -0.483 e. The maximum atomic E-state index is 13.1. The molecule has 0 bridgehead atoms. The van der Waals surface area contributed by atoms with E-state index in [2.05, 4.69) is 9.97 Å². The average Bonchev–Trinajstić information content (AvgIpc) is 3.16. The zero-order valence-electron chi connectivity index (χ0n) is 15.4. The third-order valence-electron chi connectivity index (χ3n) is 4.32. The number of rotatable bonds is 6. The number of nitrogens with zero attached hydrogens (tertiary/aromatic N) is 3. The smallest absolute Gasteiger partial charge is 0.267 e. The number of pyridine rings is 1. The van der Waals surface area contributed by atoms with E-state index < -0.39 is 0 Å². The Bertz CT molecular complexity index is 1060. The van der Waals surface area contributed by atoms with Crippen molar-refractivity contribution in [2.75, 3.05) is 11.5 Å². The summed E-state index contributed by atoms with van der Waals surface area (Å²) in [7, 11) is 0. The minimum absolute atomic E-state index is 0.0545. The first kappa shape index (κ1) is 18.1. The number of thiazole rings is 1. The summed E-state index contributed by atoms with van der Waals surface area (Å²) in [6.45, 7) is 2.30. The second-order valence-corrected chi connectivity index (χ2v) is 7.37. The van der Waals surface area contributed by atoms with Crippen molar-refractivity contribution < 1.29 is 9.53 Å². The van der Waals surface area contributed by atoms with E-state index in [-0.39, 0.29) is 12.5 Å². The molecule has 1 amide bonds. The van der Waals surface area contributed by atoms with Crippen molar-refractivity contribution in [2.24, 2.45) is 0 Å². The lowest BCUT2D eigenvalue weighted by molar-refractivity contribution is -0.120. The first-order valence-electron chi connectivity index (χ1n) is 8.94. The van der Waals surface area contributed by atoms with Crippen molar-refractivity contribution in [1.82, 2.24) is 9.97 Å². The average molecular weight is 389 g/mol. The second-order valence-electron chi connectivity index (χ2n) is 6.36. The minimum atomic E-state index is -0.147. The molecule has 0 unspecified atom stereocenters. The SMILES string of the molecule is Cc1ccccc1OCC(=O)N(Cc1cccnc1)c1nc2ccccc2s1. The Hall–Kier alpha value is -3.25. The van der Waals surface area contributed by atoms with E-state index in [1.165, 1.54) is 11.3 Å². The van der Waals surface area contributed by atoms with Crippen LogP contribution in [0.15, 0.2) is 73.1 Å². The molecule has 140 valence electrons. The Kier molecular flexibility index (Phi) is 5.30. The van der Waals surface area contributed by atoms with Gasteiger partial charge >= 0.3 is 0 Å². The number of carbonyl (C=O) groups is 1. The quantitative estimate of drug-likeness (QED) is 0.483. The molecule has 28 heavy (non-hydrogen) atoms. The number of fused-ring (bicyclic) bond motifs is 1. The topological polar surface area (TPSA) is 55.3 Å². The zero-order valence-corrected chi connectivity index (χ0v) is 16.2. The van der Waals surface area contributed by atoms with Crippen LogP contribution in [0, 0.1) is 6.92 Å². The van der Waals surface area contributed by atoms with Crippen molar-refractivity contribution >= 4 is 32.6 Å². The van der Waals surface area contributed by atoms with Crippen LogP contribution < -0.4 is 9.64 Å². The van der Waals surface area contributed by atoms with Crippen molar-refractivity contribution in [3.8, 4) is 5.75 Å². The van der Waals surface area contributed by atoms with Crippen LogP contribution in [0.5, 0.6) is 5.75 Å². The number of benzene rings is 2. The first-order chi connectivity index (χ1) is 13.7. The first-order valence-corrected chi connectivity index (χ1v) is 9.75. The van der Waals surface area contributed by atoms with E-state index in [0.29, 0.717) is 17.4 Å². The van der Waals surface area contributed by atoms with Crippen LogP contribution in [0.1, 0.15) is 11.1 Å². The maximum Gasteiger partial charge on any atom is 0.267 e. The lowest BCUT2D eigenvalue weighted by Gasteiger charge is -2.20. The molecule has 4 aromatic rings. The highest BCUT2D eigenvalue weighted by molar-refractivity contribution is 7.22. The summed E-state index contributed by atoms with van der Waals surface area (Å²) >= 11 is 1.50. The van der Waals surface area contributed by atoms with Crippen LogP contribution in [-0.2, 0) is 11.3 Å². The van der Waals surface area contributed by atoms with Crippen molar-refractivity contribution in [2.45, 2.75) is 13.5 Å². The van der Waals surface area contributed by atoms with Crippen LogP contribution in [0.4, 0.5) is 5.13 Å². The van der Waals surface area contributed by atoms with E-state index >= 15 is 0 Å². The van der Waals surface area contributed by atoms with Crippen molar-refractivity contribution in [3.05, 3.63) is 84.2 Å². The van der Waals surface area contributed by atoms with Gasteiger partial charge in [-0.1, -0.05) is 47.7 Å². The van der Waals surface area contributed by atoms with Gasteiger partial charge in [0.25, 0.3) is 5.91 Å².